The van der Waals surface area contributed by atoms with Crippen molar-refractivity contribution in [3.8, 4) is 0 Å². The molecule has 34 heavy (non-hydrogen) atoms. The van der Waals surface area contributed by atoms with Crippen molar-refractivity contribution in [1.29, 1.82) is 0 Å². The molecule has 0 N–H and O–H groups in total. The molecular weight excluding hydrogens is 424 g/mol. The zero-order valence-corrected chi connectivity index (χ0v) is 23.3. The van der Waals surface area contributed by atoms with Crippen molar-refractivity contribution in [2.75, 3.05) is 0 Å². The van der Waals surface area contributed by atoms with Gasteiger partial charge < -0.3 is 0 Å². The second-order valence-corrected chi connectivity index (χ2v) is 14.1. The molecule has 0 amide bonds. The minimum Gasteiger partial charge on any atom is -0.0636 e. The van der Waals surface area contributed by atoms with E-state index in [-0.39, 0.29) is 0 Å². The van der Waals surface area contributed by atoms with E-state index < -0.39 is 8.07 Å². The Morgan fingerprint density at radius 1 is 0.588 bits per heavy atom. The Labute approximate surface area is 208 Å². The topological polar surface area (TPSA) is 0 Å². The SMILES string of the molecule is CCc1cc(CC)cc([Si](C2=C(C)C(C)=C(C)C2C)(c2ccc(C)cc2)c2ccc(C)cc2)c1. The molecule has 1 unspecified atom stereocenters. The molecule has 3 aromatic rings. The summed E-state index contributed by atoms with van der Waals surface area (Å²) in [5.74, 6) is 0.449. The molecule has 0 spiro atoms. The zero-order valence-electron chi connectivity index (χ0n) is 22.3. The van der Waals surface area contributed by atoms with Crippen LogP contribution in [0.2, 0.25) is 0 Å². The highest BCUT2D eigenvalue weighted by Crippen LogP contribution is 2.41. The van der Waals surface area contributed by atoms with E-state index in [9.17, 15) is 0 Å². The van der Waals surface area contributed by atoms with E-state index >= 15 is 0 Å². The second kappa shape index (κ2) is 9.54. The predicted octanol–water partition coefficient (Wildman–Crippen LogP) is 6.74. The van der Waals surface area contributed by atoms with Crippen molar-refractivity contribution in [2.24, 2.45) is 5.92 Å². The molecule has 0 heterocycles. The molecule has 0 saturated heterocycles. The minimum absolute atomic E-state index is 0.449. The molecule has 0 radical (unpaired) electrons. The van der Waals surface area contributed by atoms with Crippen LogP contribution in [0.25, 0.3) is 0 Å². The Morgan fingerprint density at radius 2 is 1.03 bits per heavy atom. The Bertz CT molecular complexity index is 1190. The van der Waals surface area contributed by atoms with Crippen LogP contribution in [0.5, 0.6) is 0 Å². The Morgan fingerprint density at radius 3 is 1.38 bits per heavy atom. The molecule has 1 aliphatic carbocycles. The molecule has 1 heteroatoms. The van der Waals surface area contributed by atoms with Gasteiger partial charge in [-0.3, -0.25) is 0 Å². The number of benzene rings is 3. The second-order valence-electron chi connectivity index (χ2n) is 10.3. The summed E-state index contributed by atoms with van der Waals surface area (Å²) in [6.45, 7) is 18.5. The average Bonchev–Trinajstić information content (AvgIpc) is 3.04. The van der Waals surface area contributed by atoms with Crippen LogP contribution in [0.3, 0.4) is 0 Å². The molecule has 0 saturated carbocycles. The number of hydrogen-bond acceptors (Lipinski definition) is 0. The first-order chi connectivity index (χ1) is 16.2. The lowest BCUT2D eigenvalue weighted by Gasteiger charge is -2.39. The summed E-state index contributed by atoms with van der Waals surface area (Å²) in [5, 5.41) is 6.22. The van der Waals surface area contributed by atoms with Crippen LogP contribution in [0.4, 0.5) is 0 Å². The maximum absolute atomic E-state index is 2.54. The molecule has 176 valence electrons. The van der Waals surface area contributed by atoms with E-state index in [4.69, 9.17) is 0 Å². The van der Waals surface area contributed by atoms with Crippen LogP contribution >= 0.6 is 0 Å². The van der Waals surface area contributed by atoms with Crippen LogP contribution in [-0.4, -0.2) is 8.07 Å². The van der Waals surface area contributed by atoms with Crippen molar-refractivity contribution in [1.82, 2.24) is 0 Å². The van der Waals surface area contributed by atoms with E-state index in [2.05, 4.69) is 122 Å². The highest BCUT2D eigenvalue weighted by Gasteiger charge is 2.48. The van der Waals surface area contributed by atoms with Crippen molar-refractivity contribution < 1.29 is 0 Å². The maximum atomic E-state index is 2.54. The molecule has 0 aromatic heterocycles. The van der Waals surface area contributed by atoms with Crippen LogP contribution in [0, 0.1) is 19.8 Å². The molecule has 0 fully saturated rings. The fourth-order valence-corrected chi connectivity index (χ4v) is 11.6. The monoisotopic (exact) mass is 464 g/mol. The number of rotatable bonds is 6. The van der Waals surface area contributed by atoms with E-state index in [0.29, 0.717) is 5.92 Å². The Kier molecular flexibility index (Phi) is 6.87. The Hall–Kier alpha value is -2.64. The molecule has 0 nitrogen and oxygen atoms in total. The fourth-order valence-electron chi connectivity index (χ4n) is 5.93. The summed E-state index contributed by atoms with van der Waals surface area (Å²) in [5.41, 5.74) is 10.1. The van der Waals surface area contributed by atoms with Gasteiger partial charge in [0.2, 0.25) is 0 Å². The maximum Gasteiger partial charge on any atom is 0.176 e. The first kappa shape index (κ1) is 24.5. The third-order valence-electron chi connectivity index (χ3n) is 8.32. The molecule has 1 atom stereocenters. The lowest BCUT2D eigenvalue weighted by atomic mass is 10.1. The van der Waals surface area contributed by atoms with Gasteiger partial charge in [0.25, 0.3) is 0 Å². The molecule has 0 aliphatic heterocycles. The van der Waals surface area contributed by atoms with Crippen LogP contribution < -0.4 is 15.6 Å². The summed E-state index contributed by atoms with van der Waals surface area (Å²) in [6.07, 6.45) is 2.13. The van der Waals surface area contributed by atoms with Gasteiger partial charge >= 0.3 is 0 Å². The number of aryl methyl sites for hydroxylation is 4. The summed E-state index contributed by atoms with van der Waals surface area (Å²) in [4.78, 5) is 0. The van der Waals surface area contributed by atoms with Crippen molar-refractivity contribution in [3.05, 3.63) is 111 Å². The molecule has 3 aromatic carbocycles. The normalized spacial score (nSPS) is 16.5. The smallest absolute Gasteiger partial charge is 0.0636 e. The highest BCUT2D eigenvalue weighted by atomic mass is 28.3. The third kappa shape index (κ3) is 3.94. The molecule has 1 aliphatic rings. The van der Waals surface area contributed by atoms with Gasteiger partial charge in [-0.2, -0.15) is 0 Å². The lowest BCUT2D eigenvalue weighted by Crippen LogP contribution is -2.69. The van der Waals surface area contributed by atoms with Gasteiger partial charge in [-0.25, -0.2) is 0 Å². The quantitative estimate of drug-likeness (QED) is 0.280. The van der Waals surface area contributed by atoms with Crippen molar-refractivity contribution in [3.63, 3.8) is 0 Å². The van der Waals surface area contributed by atoms with Gasteiger partial charge in [-0.15, -0.1) is 0 Å². The van der Waals surface area contributed by atoms with Crippen LogP contribution in [-0.2, 0) is 12.8 Å². The van der Waals surface area contributed by atoms with E-state index in [1.165, 1.54) is 49.3 Å². The first-order valence-corrected chi connectivity index (χ1v) is 14.9. The van der Waals surface area contributed by atoms with Gasteiger partial charge in [0.05, 0.1) is 0 Å². The van der Waals surface area contributed by atoms with E-state index in [1.54, 1.807) is 10.4 Å². The summed E-state index contributed by atoms with van der Waals surface area (Å²) in [6, 6.07) is 26.5. The summed E-state index contributed by atoms with van der Waals surface area (Å²) < 4.78 is 0. The minimum atomic E-state index is -2.50. The fraction of sp³-hybridized carbons (Fsp3) is 0.333. The van der Waals surface area contributed by atoms with Crippen molar-refractivity contribution >= 4 is 23.6 Å². The number of allylic oxidation sites excluding steroid dienone is 4. The molecule has 0 bridgehead atoms. The van der Waals surface area contributed by atoms with Crippen LogP contribution in [0.15, 0.2) is 88.6 Å². The van der Waals surface area contributed by atoms with Gasteiger partial charge in [-0.05, 0) is 85.6 Å². The molecular formula is C33H40Si. The summed E-state index contributed by atoms with van der Waals surface area (Å²) in [7, 11) is -2.50. The lowest BCUT2D eigenvalue weighted by molar-refractivity contribution is 0.851. The molecule has 4 rings (SSSR count). The van der Waals surface area contributed by atoms with E-state index in [0.717, 1.165) is 12.8 Å². The van der Waals surface area contributed by atoms with Gasteiger partial charge in [0.1, 0.15) is 0 Å². The predicted molar refractivity (Wildman–Crippen MR) is 152 cm³/mol. The Balaban J connectivity index is 2.20. The first-order valence-electron chi connectivity index (χ1n) is 12.9. The third-order valence-corrected chi connectivity index (χ3v) is 13.5. The number of hydrogen-bond donors (Lipinski definition) is 0. The van der Waals surface area contributed by atoms with Gasteiger partial charge in [-0.1, -0.05) is 115 Å². The van der Waals surface area contributed by atoms with E-state index in [1.807, 2.05) is 0 Å². The average molecular weight is 465 g/mol. The van der Waals surface area contributed by atoms with Crippen LogP contribution in [0.1, 0.15) is 63.8 Å². The van der Waals surface area contributed by atoms with Gasteiger partial charge in [0, 0.05) is 0 Å². The highest BCUT2D eigenvalue weighted by molar-refractivity contribution is 7.16. The summed E-state index contributed by atoms with van der Waals surface area (Å²) >= 11 is 0. The standard InChI is InChI=1S/C33H40Si/c1-9-28-19-29(10-2)21-32(20-28)34(30-15-11-22(3)12-16-30,31-17-13-23(4)14-18-31)33-26(7)24(5)25(6)27(33)8/h11-21,26H,9-10H2,1-8H3. The van der Waals surface area contributed by atoms with Crippen molar-refractivity contribution in [2.45, 2.75) is 68.2 Å². The largest absolute Gasteiger partial charge is 0.176 e. The van der Waals surface area contributed by atoms with Gasteiger partial charge in [0.15, 0.2) is 8.07 Å². The zero-order chi connectivity index (χ0) is 24.6.